The average Bonchev–Trinajstić information content (AvgIpc) is 4.05. The molecule has 8 bridgehead atoms. The second-order valence-electron chi connectivity index (χ2n) is 19.4. The van der Waals surface area contributed by atoms with Crippen molar-refractivity contribution in [2.75, 3.05) is 24.9 Å². The Morgan fingerprint density at radius 3 is 0.738 bits per heavy atom. The van der Waals surface area contributed by atoms with Crippen LogP contribution in [0.4, 0.5) is 11.4 Å². The number of hydrogen-bond donors (Lipinski definition) is 10. The molecule has 0 aromatic heterocycles. The van der Waals surface area contributed by atoms with E-state index in [4.69, 9.17) is 9.47 Å². The van der Waals surface area contributed by atoms with E-state index in [2.05, 4.69) is 67.3 Å². The second-order valence-corrected chi connectivity index (χ2v) is 19.4. The Morgan fingerprint density at radius 2 is 0.574 bits per heavy atom. The van der Waals surface area contributed by atoms with Gasteiger partial charge in [0.25, 0.3) is 0 Å². The third-order valence-electron chi connectivity index (χ3n) is 16.4. The third kappa shape index (κ3) is 9.77. The largest absolute Gasteiger partial charge is 2.00 e. The molecule has 61 heavy (non-hydrogen) atoms. The molecule has 0 amide bonds. The van der Waals surface area contributed by atoms with Gasteiger partial charge in [-0.05, 0) is 123 Å². The molecule has 11 rings (SSSR count). The summed E-state index contributed by atoms with van der Waals surface area (Å²) in [6.07, 6.45) is 25.6. The van der Waals surface area contributed by atoms with Crippen molar-refractivity contribution >= 4 is 11.4 Å². The van der Waals surface area contributed by atoms with Crippen LogP contribution in [0.3, 0.4) is 0 Å². The van der Waals surface area contributed by atoms with Crippen molar-refractivity contribution in [3.63, 3.8) is 0 Å². The molecule has 5 aliphatic heterocycles. The Balaban J connectivity index is 0.000000202. The molecule has 12 nitrogen and oxygen atoms in total. The normalized spacial score (nSPS) is 40.7. The number of fused-ring (bicyclic) bond motifs is 20. The summed E-state index contributed by atoms with van der Waals surface area (Å²) in [6.45, 7) is 0. The fourth-order valence-electron chi connectivity index (χ4n) is 13.6. The van der Waals surface area contributed by atoms with Crippen molar-refractivity contribution < 1.29 is 26.5 Å². The Kier molecular flexibility index (Phi) is 15.8. The predicted molar refractivity (Wildman–Crippen MR) is 241 cm³/mol. The van der Waals surface area contributed by atoms with E-state index in [1.54, 1.807) is 14.2 Å². The summed E-state index contributed by atoms with van der Waals surface area (Å²) >= 11 is 0. The number of anilines is 2. The summed E-state index contributed by atoms with van der Waals surface area (Å²) in [5.74, 6) is 7.60. The fraction of sp³-hybridized carbons (Fsp3) is 0.708. The minimum atomic E-state index is 0. The maximum atomic E-state index is 5.03. The molecule has 4 aliphatic carbocycles. The predicted octanol–water partition coefficient (Wildman–Crippen LogP) is 6.40. The Hall–Kier alpha value is -2.16. The van der Waals surface area contributed by atoms with Crippen molar-refractivity contribution in [2.45, 2.75) is 152 Å². The maximum absolute atomic E-state index is 5.03. The number of para-hydroxylation sites is 4. The molecule has 0 spiro atoms. The minimum Gasteiger partial charge on any atom is -0.535 e. The average molecular weight is 889 g/mol. The van der Waals surface area contributed by atoms with E-state index in [1.807, 2.05) is 48.5 Å². The SMILES string of the molecule is C1CCC2C3NC(NC4NC(NC5NC(NC6NC(N3)C3CCCCC63)C3CCCCC53)C3CCCCC43)C2C1.[CH2-]Nc1ccccc1OC.[CH2-]Nc1ccccc1OC.[Cu+2]. The smallest absolute Gasteiger partial charge is 0.535 e. The summed E-state index contributed by atoms with van der Waals surface area (Å²) in [7, 11) is 10.3. The van der Waals surface area contributed by atoms with E-state index < -0.39 is 0 Å². The zero-order valence-electron chi connectivity index (χ0n) is 36.7. The van der Waals surface area contributed by atoms with E-state index in [0.717, 1.165) is 70.2 Å². The van der Waals surface area contributed by atoms with E-state index >= 15 is 0 Å². The molecule has 4 saturated carbocycles. The fourth-order valence-corrected chi connectivity index (χ4v) is 13.6. The summed E-state index contributed by atoms with van der Waals surface area (Å²) in [4.78, 5) is 0. The molecule has 2 aromatic carbocycles. The Labute approximate surface area is 377 Å². The van der Waals surface area contributed by atoms with Crippen LogP contribution < -0.4 is 62.6 Å². The molecule has 1 radical (unpaired) electrons. The van der Waals surface area contributed by atoms with Crippen molar-refractivity contribution in [2.24, 2.45) is 47.3 Å². The molecular weight excluding hydrogens is 812 g/mol. The molecule has 9 fully saturated rings. The molecule has 2 aromatic rings. The van der Waals surface area contributed by atoms with E-state index in [1.165, 1.54) is 103 Å². The van der Waals surface area contributed by atoms with E-state index in [0.29, 0.717) is 49.3 Å². The number of methoxy groups -OCH3 is 2. The quantitative estimate of drug-likeness (QED) is 0.123. The van der Waals surface area contributed by atoms with Crippen molar-refractivity contribution in [1.82, 2.24) is 42.5 Å². The first-order valence-corrected chi connectivity index (χ1v) is 24.0. The standard InChI is InChI=1S/C32H56N8.2C8H10NO.Cu/c1-2-10-18-17(9-1)25-33-26(18)38-28-21-13-5-6-14-22(21)30(35-28)40-32-24-16-8-7-15-23(24)31(36-32)39-29-20-12-4-3-11-19(20)27(34-29)37-25;2*1-9-7-5-3-4-6-8(7)10-2;/h17-40H,1-16H2;2*3-6,9H,1H2,2H3;/q;2*-1;+2. The topological polar surface area (TPSA) is 139 Å². The minimum absolute atomic E-state index is 0. The van der Waals surface area contributed by atoms with Crippen LogP contribution in [0.5, 0.6) is 11.5 Å². The van der Waals surface area contributed by atoms with Gasteiger partial charge in [0.2, 0.25) is 0 Å². The number of ether oxygens (including phenoxy) is 2. The molecule has 9 aliphatic rings. The molecule has 5 saturated heterocycles. The number of benzene rings is 2. The van der Waals surface area contributed by atoms with Gasteiger partial charge in [0.15, 0.2) is 0 Å². The van der Waals surface area contributed by atoms with Crippen LogP contribution in [0.25, 0.3) is 0 Å². The van der Waals surface area contributed by atoms with Gasteiger partial charge in [-0.25, -0.2) is 0 Å². The van der Waals surface area contributed by atoms with Gasteiger partial charge in [-0.15, -0.1) is 0 Å². The van der Waals surface area contributed by atoms with Gasteiger partial charge < -0.3 is 20.1 Å². The van der Waals surface area contributed by atoms with Crippen LogP contribution in [-0.2, 0) is 17.1 Å². The maximum Gasteiger partial charge on any atom is 2.00 e. The van der Waals surface area contributed by atoms with Crippen LogP contribution in [0.1, 0.15) is 103 Å². The van der Waals surface area contributed by atoms with Gasteiger partial charge in [-0.3, -0.25) is 56.6 Å². The summed E-state index contributed by atoms with van der Waals surface area (Å²) in [5, 5.41) is 39.3. The summed E-state index contributed by atoms with van der Waals surface area (Å²) < 4.78 is 10.1. The summed E-state index contributed by atoms with van der Waals surface area (Å²) in [6, 6.07) is 15.3. The van der Waals surface area contributed by atoms with Gasteiger partial charge in [-0.1, -0.05) is 75.6 Å². The van der Waals surface area contributed by atoms with Gasteiger partial charge in [0.1, 0.15) is 11.5 Å². The van der Waals surface area contributed by atoms with Crippen molar-refractivity contribution in [3.8, 4) is 11.5 Å². The monoisotopic (exact) mass is 888 g/mol. The second kappa shape index (κ2) is 21.2. The van der Waals surface area contributed by atoms with Gasteiger partial charge in [0.05, 0.1) is 63.5 Å². The van der Waals surface area contributed by atoms with Crippen LogP contribution in [0.15, 0.2) is 48.5 Å². The van der Waals surface area contributed by atoms with Crippen molar-refractivity contribution in [1.29, 1.82) is 0 Å². The molecule has 341 valence electrons. The van der Waals surface area contributed by atoms with Crippen molar-refractivity contribution in [3.05, 3.63) is 62.6 Å². The van der Waals surface area contributed by atoms with E-state index in [-0.39, 0.29) is 17.1 Å². The molecule has 10 N–H and O–H groups in total. The van der Waals surface area contributed by atoms with Gasteiger partial charge >= 0.3 is 17.1 Å². The van der Waals surface area contributed by atoms with E-state index in [9.17, 15) is 0 Å². The van der Waals surface area contributed by atoms with Crippen LogP contribution in [0, 0.1) is 61.4 Å². The number of hydrogen-bond acceptors (Lipinski definition) is 12. The number of rotatable bonds is 4. The number of nitrogens with one attached hydrogen (secondary N) is 10. The van der Waals surface area contributed by atoms with Crippen LogP contribution in [0.2, 0.25) is 0 Å². The zero-order chi connectivity index (χ0) is 41.0. The van der Waals surface area contributed by atoms with Crippen LogP contribution >= 0.6 is 0 Å². The van der Waals surface area contributed by atoms with Gasteiger partial charge in [-0.2, -0.15) is 0 Å². The first-order valence-electron chi connectivity index (χ1n) is 24.0. The Bertz CT molecular complexity index is 1370. The molecule has 8 atom stereocenters. The first-order chi connectivity index (χ1) is 29.6. The molecule has 5 heterocycles. The van der Waals surface area contributed by atoms with Gasteiger partial charge in [0, 0.05) is 11.4 Å². The third-order valence-corrected chi connectivity index (χ3v) is 16.4. The first kappa shape index (κ1) is 45.4. The summed E-state index contributed by atoms with van der Waals surface area (Å²) in [5.41, 5.74) is 1.81. The molecule has 13 heteroatoms. The molecule has 8 unspecified atom stereocenters. The zero-order valence-corrected chi connectivity index (χ0v) is 37.6. The van der Waals surface area contributed by atoms with Crippen LogP contribution in [-0.4, -0.2) is 63.5 Å². The Morgan fingerprint density at radius 1 is 0.377 bits per heavy atom. The molecular formula is C48H76CuN10O2.